The fraction of sp³-hybridized carbons (Fsp3) is 0.417. The number of rotatable bonds is 3. The number of carbonyl (C=O) groups excluding carboxylic acids is 1. The van der Waals surface area contributed by atoms with Crippen molar-refractivity contribution in [2.75, 3.05) is 0 Å². The summed E-state index contributed by atoms with van der Waals surface area (Å²) in [6.07, 6.45) is 2.20. The van der Waals surface area contributed by atoms with Crippen LogP contribution in [0.2, 0.25) is 0 Å². The minimum atomic E-state index is -0.421. The van der Waals surface area contributed by atoms with Crippen LogP contribution in [0.25, 0.3) is 0 Å². The molecule has 0 saturated heterocycles. The quantitative estimate of drug-likeness (QED) is 0.764. The van der Waals surface area contributed by atoms with Crippen LogP contribution in [0.15, 0.2) is 22.7 Å². The van der Waals surface area contributed by atoms with Gasteiger partial charge in [-0.2, -0.15) is 0 Å². The molecule has 2 rings (SSSR count). The van der Waals surface area contributed by atoms with Gasteiger partial charge in [0.05, 0.1) is 5.56 Å². The molecule has 1 aromatic rings. The Morgan fingerprint density at radius 3 is 2.80 bits per heavy atom. The van der Waals surface area contributed by atoms with Gasteiger partial charge in [0.1, 0.15) is 5.82 Å². The number of ketones is 1. The second-order valence-electron chi connectivity index (χ2n) is 4.11. The van der Waals surface area contributed by atoms with E-state index in [0.717, 1.165) is 17.3 Å². The average Bonchev–Trinajstić information content (AvgIpc) is 3.03. The molecule has 1 unspecified atom stereocenters. The van der Waals surface area contributed by atoms with Crippen molar-refractivity contribution < 1.29 is 9.18 Å². The first-order chi connectivity index (χ1) is 7.09. The molecule has 3 heteroatoms. The van der Waals surface area contributed by atoms with Gasteiger partial charge < -0.3 is 0 Å². The second kappa shape index (κ2) is 4.05. The van der Waals surface area contributed by atoms with Gasteiger partial charge in [-0.05, 0) is 37.0 Å². The van der Waals surface area contributed by atoms with Crippen molar-refractivity contribution in [1.82, 2.24) is 0 Å². The molecule has 15 heavy (non-hydrogen) atoms. The molecule has 0 aliphatic heterocycles. The monoisotopic (exact) mass is 270 g/mol. The molecule has 1 atom stereocenters. The maximum Gasteiger partial charge on any atom is 0.168 e. The molecule has 1 saturated carbocycles. The normalized spacial score (nSPS) is 17.5. The standard InChI is InChI=1S/C12H12BrFO/c1-7(8-2-3-8)12(15)10-6-9(13)4-5-11(10)14/h4-8H,2-3H2,1H3. The Hall–Kier alpha value is -0.700. The Balaban J connectivity index is 2.27. The molecule has 80 valence electrons. The molecule has 0 radical (unpaired) electrons. The molecule has 0 heterocycles. The van der Waals surface area contributed by atoms with Gasteiger partial charge in [-0.25, -0.2) is 4.39 Å². The predicted molar refractivity (Wildman–Crippen MR) is 60.3 cm³/mol. The molecule has 1 aliphatic carbocycles. The fourth-order valence-corrected chi connectivity index (χ4v) is 2.10. The highest BCUT2D eigenvalue weighted by atomic mass is 79.9. The number of benzene rings is 1. The van der Waals surface area contributed by atoms with Gasteiger partial charge >= 0.3 is 0 Å². The van der Waals surface area contributed by atoms with Crippen molar-refractivity contribution in [3.8, 4) is 0 Å². The Kier molecular flexibility index (Phi) is 2.91. The first kappa shape index (κ1) is 10.8. The predicted octanol–water partition coefficient (Wildman–Crippen LogP) is 3.82. The number of halogens is 2. The molecule has 0 aromatic heterocycles. The van der Waals surface area contributed by atoms with Crippen LogP contribution in [0.5, 0.6) is 0 Å². The molecular weight excluding hydrogens is 259 g/mol. The maximum atomic E-state index is 13.4. The first-order valence-corrected chi connectivity index (χ1v) is 5.88. The summed E-state index contributed by atoms with van der Waals surface area (Å²) in [7, 11) is 0. The third kappa shape index (κ3) is 2.28. The van der Waals surface area contributed by atoms with E-state index < -0.39 is 5.82 Å². The van der Waals surface area contributed by atoms with Gasteiger partial charge in [-0.15, -0.1) is 0 Å². The van der Waals surface area contributed by atoms with Gasteiger partial charge in [0.25, 0.3) is 0 Å². The summed E-state index contributed by atoms with van der Waals surface area (Å²) in [6, 6.07) is 4.50. The first-order valence-electron chi connectivity index (χ1n) is 5.09. The van der Waals surface area contributed by atoms with Crippen LogP contribution in [-0.2, 0) is 0 Å². The van der Waals surface area contributed by atoms with E-state index in [0.29, 0.717) is 5.92 Å². The highest BCUT2D eigenvalue weighted by Gasteiger charge is 2.33. The summed E-state index contributed by atoms with van der Waals surface area (Å²) in [5, 5.41) is 0. The van der Waals surface area contributed by atoms with Crippen LogP contribution < -0.4 is 0 Å². The van der Waals surface area contributed by atoms with Crippen LogP contribution in [-0.4, -0.2) is 5.78 Å². The Bertz CT molecular complexity index is 399. The van der Waals surface area contributed by atoms with Crippen molar-refractivity contribution in [2.45, 2.75) is 19.8 Å². The zero-order chi connectivity index (χ0) is 11.0. The van der Waals surface area contributed by atoms with Crippen molar-refractivity contribution in [1.29, 1.82) is 0 Å². The van der Waals surface area contributed by atoms with Gasteiger partial charge in [-0.3, -0.25) is 4.79 Å². The fourth-order valence-electron chi connectivity index (χ4n) is 1.74. The topological polar surface area (TPSA) is 17.1 Å². The van der Waals surface area contributed by atoms with Crippen molar-refractivity contribution >= 4 is 21.7 Å². The molecule has 1 fully saturated rings. The summed E-state index contributed by atoms with van der Waals surface area (Å²) in [4.78, 5) is 11.9. The van der Waals surface area contributed by atoms with Crippen molar-refractivity contribution in [3.05, 3.63) is 34.1 Å². The van der Waals surface area contributed by atoms with E-state index in [2.05, 4.69) is 15.9 Å². The van der Waals surface area contributed by atoms with Crippen LogP contribution in [0.1, 0.15) is 30.1 Å². The van der Waals surface area contributed by atoms with Crippen LogP contribution in [0.3, 0.4) is 0 Å². The molecule has 0 bridgehead atoms. The lowest BCUT2D eigenvalue weighted by atomic mass is 9.95. The summed E-state index contributed by atoms with van der Waals surface area (Å²) >= 11 is 3.25. The lowest BCUT2D eigenvalue weighted by Crippen LogP contribution is -2.14. The van der Waals surface area contributed by atoms with E-state index in [4.69, 9.17) is 0 Å². The van der Waals surface area contributed by atoms with Crippen LogP contribution in [0.4, 0.5) is 4.39 Å². The van der Waals surface area contributed by atoms with E-state index >= 15 is 0 Å². The molecule has 0 spiro atoms. The second-order valence-corrected chi connectivity index (χ2v) is 5.03. The van der Waals surface area contributed by atoms with E-state index in [1.807, 2.05) is 6.92 Å². The smallest absolute Gasteiger partial charge is 0.168 e. The Morgan fingerprint density at radius 2 is 2.20 bits per heavy atom. The van der Waals surface area contributed by atoms with E-state index in [1.165, 1.54) is 6.07 Å². The van der Waals surface area contributed by atoms with Crippen molar-refractivity contribution in [3.63, 3.8) is 0 Å². The van der Waals surface area contributed by atoms with Gasteiger partial charge in [0.2, 0.25) is 0 Å². The number of Topliss-reactive ketones (excluding diaryl/α,β-unsaturated/α-hetero) is 1. The van der Waals surface area contributed by atoms with E-state index in [1.54, 1.807) is 12.1 Å². The van der Waals surface area contributed by atoms with Gasteiger partial charge in [0, 0.05) is 10.4 Å². The lowest BCUT2D eigenvalue weighted by Gasteiger charge is -2.09. The Labute approximate surface area is 96.8 Å². The summed E-state index contributed by atoms with van der Waals surface area (Å²) in [6.45, 7) is 1.89. The van der Waals surface area contributed by atoms with Crippen LogP contribution in [0, 0.1) is 17.7 Å². The number of hydrogen-bond acceptors (Lipinski definition) is 1. The maximum absolute atomic E-state index is 13.4. The van der Waals surface area contributed by atoms with Crippen molar-refractivity contribution in [2.24, 2.45) is 11.8 Å². The van der Waals surface area contributed by atoms with E-state index in [-0.39, 0.29) is 17.3 Å². The number of carbonyl (C=O) groups is 1. The largest absolute Gasteiger partial charge is 0.294 e. The molecule has 1 aliphatic rings. The van der Waals surface area contributed by atoms with Gasteiger partial charge in [0.15, 0.2) is 5.78 Å². The summed E-state index contributed by atoms with van der Waals surface area (Å²) in [5.74, 6) is -0.0725. The highest BCUT2D eigenvalue weighted by Crippen LogP contribution is 2.38. The molecule has 1 nitrogen and oxygen atoms in total. The lowest BCUT2D eigenvalue weighted by molar-refractivity contribution is 0.0912. The minimum Gasteiger partial charge on any atom is -0.294 e. The average molecular weight is 271 g/mol. The van der Waals surface area contributed by atoms with Gasteiger partial charge in [-0.1, -0.05) is 22.9 Å². The molecule has 1 aromatic carbocycles. The zero-order valence-corrected chi connectivity index (χ0v) is 10.1. The SMILES string of the molecule is CC(C(=O)c1cc(Br)ccc1F)C1CC1. The minimum absolute atomic E-state index is 0.0474. The molecule has 0 N–H and O–H groups in total. The number of hydrogen-bond donors (Lipinski definition) is 0. The zero-order valence-electron chi connectivity index (χ0n) is 8.47. The summed E-state index contributed by atoms with van der Waals surface area (Å²) < 4.78 is 14.2. The summed E-state index contributed by atoms with van der Waals surface area (Å²) in [5.41, 5.74) is 0.212. The highest BCUT2D eigenvalue weighted by molar-refractivity contribution is 9.10. The molecule has 0 amide bonds. The third-order valence-corrected chi connectivity index (χ3v) is 3.43. The van der Waals surface area contributed by atoms with E-state index in [9.17, 15) is 9.18 Å². The Morgan fingerprint density at radius 1 is 1.53 bits per heavy atom. The molecular formula is C12H12BrFO. The third-order valence-electron chi connectivity index (χ3n) is 2.94. The van der Waals surface area contributed by atoms with Crippen LogP contribution >= 0.6 is 15.9 Å².